The lowest BCUT2D eigenvalue weighted by molar-refractivity contribution is 0.0690. The van der Waals surface area contributed by atoms with E-state index in [0.29, 0.717) is 5.56 Å². The van der Waals surface area contributed by atoms with Crippen molar-refractivity contribution in [3.63, 3.8) is 0 Å². The first-order valence-corrected chi connectivity index (χ1v) is 4.55. The smallest absolute Gasteiger partial charge is 0.343 e. The Balaban J connectivity index is 3.65. The molecular weight excluding hydrogens is 212 g/mol. The minimum atomic E-state index is -1.34. The number of carboxylic acid groups (broad SMARTS) is 1. The number of aromatic hydroxyl groups is 1. The van der Waals surface area contributed by atoms with Crippen molar-refractivity contribution < 1.29 is 24.5 Å². The third kappa shape index (κ3) is 1.84. The lowest BCUT2D eigenvalue weighted by Crippen LogP contribution is -2.06. The Morgan fingerprint density at radius 3 is 2.25 bits per heavy atom. The van der Waals surface area contributed by atoms with Gasteiger partial charge in [-0.05, 0) is 25.5 Å². The van der Waals surface area contributed by atoms with Gasteiger partial charge >= 0.3 is 5.97 Å². The number of aromatic carboxylic acids is 1. The zero-order valence-corrected chi connectivity index (χ0v) is 9.20. The number of ketones is 1. The fourth-order valence-corrected chi connectivity index (χ4v) is 1.58. The third-order valence-corrected chi connectivity index (χ3v) is 2.25. The second kappa shape index (κ2) is 4.22. The van der Waals surface area contributed by atoms with E-state index in [4.69, 9.17) is 9.84 Å². The normalized spacial score (nSPS) is 9.94. The molecule has 1 aromatic rings. The molecule has 2 N–H and O–H groups in total. The third-order valence-electron chi connectivity index (χ3n) is 2.25. The predicted octanol–water partition coefficient (Wildman–Crippen LogP) is 1.61. The predicted molar refractivity (Wildman–Crippen MR) is 56.4 cm³/mol. The van der Waals surface area contributed by atoms with E-state index in [1.54, 1.807) is 6.92 Å². The molecule has 0 atom stereocenters. The lowest BCUT2D eigenvalue weighted by atomic mass is 9.99. The van der Waals surface area contributed by atoms with E-state index < -0.39 is 17.3 Å². The molecule has 0 spiro atoms. The van der Waals surface area contributed by atoms with Gasteiger partial charge in [0.1, 0.15) is 17.1 Å². The second-order valence-corrected chi connectivity index (χ2v) is 3.36. The number of hydrogen-bond acceptors (Lipinski definition) is 4. The van der Waals surface area contributed by atoms with Crippen LogP contribution in [0.4, 0.5) is 0 Å². The van der Waals surface area contributed by atoms with E-state index in [1.165, 1.54) is 20.1 Å². The minimum Gasteiger partial charge on any atom is -0.506 e. The summed E-state index contributed by atoms with van der Waals surface area (Å²) >= 11 is 0. The molecule has 0 aliphatic carbocycles. The molecule has 5 heteroatoms. The van der Waals surface area contributed by atoms with Crippen molar-refractivity contribution in [2.24, 2.45) is 0 Å². The molecular formula is C11H12O5. The van der Waals surface area contributed by atoms with E-state index in [0.717, 1.165) is 0 Å². The van der Waals surface area contributed by atoms with Crippen molar-refractivity contribution in [3.05, 3.63) is 22.8 Å². The van der Waals surface area contributed by atoms with Crippen LogP contribution in [0, 0.1) is 6.92 Å². The largest absolute Gasteiger partial charge is 0.506 e. The van der Waals surface area contributed by atoms with E-state index in [2.05, 4.69) is 0 Å². The van der Waals surface area contributed by atoms with Crippen LogP contribution >= 0.6 is 0 Å². The number of rotatable bonds is 3. The maximum atomic E-state index is 11.3. The van der Waals surface area contributed by atoms with Crippen LogP contribution in [-0.2, 0) is 0 Å². The number of ether oxygens (including phenoxy) is 1. The summed E-state index contributed by atoms with van der Waals surface area (Å²) in [4.78, 5) is 22.2. The molecule has 1 rings (SSSR count). The molecule has 0 bridgehead atoms. The molecule has 0 amide bonds. The first kappa shape index (κ1) is 12.0. The van der Waals surface area contributed by atoms with Crippen LogP contribution in [0.5, 0.6) is 11.5 Å². The van der Waals surface area contributed by atoms with Crippen molar-refractivity contribution >= 4 is 11.8 Å². The SMILES string of the molecule is COc1cc(C)c(C(C)=O)c(O)c1C(=O)O. The molecule has 0 aliphatic heterocycles. The van der Waals surface area contributed by atoms with Gasteiger partial charge in [-0.3, -0.25) is 4.79 Å². The molecule has 0 unspecified atom stereocenters. The molecule has 0 fully saturated rings. The van der Waals surface area contributed by atoms with Crippen molar-refractivity contribution in [1.82, 2.24) is 0 Å². The molecule has 0 saturated heterocycles. The van der Waals surface area contributed by atoms with Gasteiger partial charge in [0.25, 0.3) is 0 Å². The van der Waals surface area contributed by atoms with Gasteiger partial charge in [-0.2, -0.15) is 0 Å². The van der Waals surface area contributed by atoms with Gasteiger partial charge in [0, 0.05) is 0 Å². The zero-order chi connectivity index (χ0) is 12.5. The summed E-state index contributed by atoms with van der Waals surface area (Å²) in [5, 5.41) is 18.7. The van der Waals surface area contributed by atoms with Crippen molar-refractivity contribution in [3.8, 4) is 11.5 Å². The number of benzene rings is 1. The number of Topliss-reactive ketones (excluding diaryl/α,β-unsaturated/α-hetero) is 1. The second-order valence-electron chi connectivity index (χ2n) is 3.36. The van der Waals surface area contributed by atoms with Gasteiger partial charge < -0.3 is 14.9 Å². The Morgan fingerprint density at radius 1 is 1.31 bits per heavy atom. The van der Waals surface area contributed by atoms with E-state index in [1.807, 2.05) is 0 Å². The monoisotopic (exact) mass is 224 g/mol. The van der Waals surface area contributed by atoms with Crippen LogP contribution in [0.2, 0.25) is 0 Å². The molecule has 5 nitrogen and oxygen atoms in total. The van der Waals surface area contributed by atoms with Crippen LogP contribution in [0.3, 0.4) is 0 Å². The van der Waals surface area contributed by atoms with E-state index >= 15 is 0 Å². The molecule has 0 radical (unpaired) electrons. The maximum absolute atomic E-state index is 11.3. The average Bonchev–Trinajstić information content (AvgIpc) is 2.14. The van der Waals surface area contributed by atoms with Crippen LogP contribution < -0.4 is 4.74 Å². The minimum absolute atomic E-state index is 0.0122. The van der Waals surface area contributed by atoms with Crippen molar-refractivity contribution in [1.29, 1.82) is 0 Å². The van der Waals surface area contributed by atoms with Gasteiger partial charge in [0.15, 0.2) is 5.78 Å². The van der Waals surface area contributed by atoms with Crippen molar-refractivity contribution in [2.45, 2.75) is 13.8 Å². The molecule has 0 aliphatic rings. The Bertz CT molecular complexity index is 462. The Labute approximate surface area is 92.3 Å². The van der Waals surface area contributed by atoms with Gasteiger partial charge in [-0.25, -0.2) is 4.79 Å². The van der Waals surface area contributed by atoms with E-state index in [-0.39, 0.29) is 17.1 Å². The Hall–Kier alpha value is -2.04. The highest BCUT2D eigenvalue weighted by atomic mass is 16.5. The number of carbonyl (C=O) groups is 2. The van der Waals surface area contributed by atoms with Crippen LogP contribution in [-0.4, -0.2) is 29.1 Å². The van der Waals surface area contributed by atoms with Gasteiger partial charge in [0.05, 0.1) is 12.7 Å². The summed E-state index contributed by atoms with van der Waals surface area (Å²) in [6.45, 7) is 2.87. The fraction of sp³-hybridized carbons (Fsp3) is 0.273. The lowest BCUT2D eigenvalue weighted by Gasteiger charge is -2.12. The van der Waals surface area contributed by atoms with Crippen molar-refractivity contribution in [2.75, 3.05) is 7.11 Å². The van der Waals surface area contributed by atoms with E-state index in [9.17, 15) is 14.7 Å². The van der Waals surface area contributed by atoms with Gasteiger partial charge in [0.2, 0.25) is 0 Å². The molecule has 16 heavy (non-hydrogen) atoms. The number of methoxy groups -OCH3 is 1. The molecule has 0 aromatic heterocycles. The zero-order valence-electron chi connectivity index (χ0n) is 9.20. The number of carboxylic acids is 1. The first-order chi connectivity index (χ1) is 7.40. The maximum Gasteiger partial charge on any atom is 0.343 e. The Kier molecular flexibility index (Phi) is 3.17. The number of carbonyl (C=O) groups excluding carboxylic acids is 1. The first-order valence-electron chi connectivity index (χ1n) is 4.55. The number of phenols is 1. The number of hydrogen-bond donors (Lipinski definition) is 2. The molecule has 0 saturated carbocycles. The van der Waals surface area contributed by atoms with Crippen LogP contribution in [0.25, 0.3) is 0 Å². The quantitative estimate of drug-likeness (QED) is 0.762. The standard InChI is InChI=1S/C11H12O5/c1-5-4-7(16-3)9(11(14)15)10(13)8(5)6(2)12/h4,13H,1-3H3,(H,14,15). The fourth-order valence-electron chi connectivity index (χ4n) is 1.58. The topological polar surface area (TPSA) is 83.8 Å². The molecule has 1 aromatic carbocycles. The van der Waals surface area contributed by atoms with Gasteiger partial charge in [-0.15, -0.1) is 0 Å². The highest BCUT2D eigenvalue weighted by Gasteiger charge is 2.23. The summed E-state index contributed by atoms with van der Waals surface area (Å²) < 4.78 is 4.85. The summed E-state index contributed by atoms with van der Waals surface area (Å²) in [6, 6.07) is 1.42. The van der Waals surface area contributed by atoms with Crippen LogP contribution in [0.15, 0.2) is 6.07 Å². The summed E-state index contributed by atoms with van der Waals surface area (Å²) in [7, 11) is 1.30. The molecule has 0 heterocycles. The summed E-state index contributed by atoms with van der Waals surface area (Å²) in [6.07, 6.45) is 0. The van der Waals surface area contributed by atoms with Gasteiger partial charge in [-0.1, -0.05) is 0 Å². The average molecular weight is 224 g/mol. The Morgan fingerprint density at radius 2 is 1.88 bits per heavy atom. The highest BCUT2D eigenvalue weighted by Crippen LogP contribution is 2.34. The highest BCUT2D eigenvalue weighted by molar-refractivity contribution is 6.04. The summed E-state index contributed by atoms with van der Waals surface area (Å²) in [5.41, 5.74) is 0.100. The van der Waals surface area contributed by atoms with Crippen LogP contribution in [0.1, 0.15) is 33.2 Å². The summed E-state index contributed by atoms with van der Waals surface area (Å²) in [5.74, 6) is -2.23. The number of aryl methyl sites for hydroxylation is 1. The molecule has 86 valence electrons.